The Morgan fingerprint density at radius 2 is 1.96 bits per heavy atom. The average Bonchev–Trinajstić information content (AvgIpc) is 2.65. The monoisotopic (exact) mass is 357 g/mol. The van der Waals surface area contributed by atoms with Crippen molar-refractivity contribution in [3.05, 3.63) is 53.2 Å². The number of hydrogen-bond acceptors (Lipinski definition) is 4. The lowest BCUT2D eigenvalue weighted by Gasteiger charge is -2.44. The van der Waals surface area contributed by atoms with Crippen LogP contribution in [-0.2, 0) is 0 Å². The van der Waals surface area contributed by atoms with Gasteiger partial charge in [-0.15, -0.1) is 0 Å². The smallest absolute Gasteiger partial charge is 0.251 e. The van der Waals surface area contributed by atoms with Gasteiger partial charge in [-0.1, -0.05) is 11.6 Å². The van der Waals surface area contributed by atoms with E-state index in [2.05, 4.69) is 15.2 Å². The Kier molecular flexibility index (Phi) is 4.59. The normalized spacial score (nSPS) is 24.8. The van der Waals surface area contributed by atoms with Gasteiger partial charge in [0, 0.05) is 24.3 Å². The number of amides is 1. The number of hydrogen-bond donors (Lipinski definition) is 1. The molecule has 1 aromatic carbocycles. The molecule has 2 bridgehead atoms. The van der Waals surface area contributed by atoms with Gasteiger partial charge in [0.1, 0.15) is 10.8 Å². The van der Waals surface area contributed by atoms with E-state index in [0.717, 1.165) is 6.54 Å². The van der Waals surface area contributed by atoms with Gasteiger partial charge in [0.2, 0.25) is 5.88 Å². The number of ether oxygens (including phenoxy) is 1. The van der Waals surface area contributed by atoms with Gasteiger partial charge in [-0.25, -0.2) is 4.98 Å². The standard InChI is InChI=1S/C19H20ClN3O2/c20-16-2-1-9-21-19(16)25-15-5-3-14(4-6-15)18(24)22-17-12-23-10-7-13(17)8-11-23/h1-6,9,13,17H,7-8,10-12H2,(H,22,24)/t17-/m0/s1. The molecule has 130 valence electrons. The number of nitrogens with zero attached hydrogens (tertiary/aromatic N) is 2. The summed E-state index contributed by atoms with van der Waals surface area (Å²) in [5.74, 6) is 1.54. The third kappa shape index (κ3) is 3.62. The highest BCUT2D eigenvalue weighted by Crippen LogP contribution is 2.28. The van der Waals surface area contributed by atoms with E-state index in [9.17, 15) is 4.79 Å². The molecule has 1 amide bonds. The zero-order chi connectivity index (χ0) is 17.2. The van der Waals surface area contributed by atoms with Crippen molar-refractivity contribution in [2.45, 2.75) is 18.9 Å². The van der Waals surface area contributed by atoms with Gasteiger partial charge in [-0.2, -0.15) is 0 Å². The maximum Gasteiger partial charge on any atom is 0.251 e. The molecule has 3 fully saturated rings. The van der Waals surface area contributed by atoms with E-state index >= 15 is 0 Å². The van der Waals surface area contributed by atoms with Crippen molar-refractivity contribution in [3.63, 3.8) is 0 Å². The van der Waals surface area contributed by atoms with E-state index in [-0.39, 0.29) is 11.9 Å². The van der Waals surface area contributed by atoms with E-state index in [4.69, 9.17) is 16.3 Å². The summed E-state index contributed by atoms with van der Waals surface area (Å²) in [4.78, 5) is 19.0. The largest absolute Gasteiger partial charge is 0.438 e. The molecule has 1 N–H and O–H groups in total. The molecule has 5 rings (SSSR count). The molecule has 1 aromatic heterocycles. The van der Waals surface area contributed by atoms with Crippen LogP contribution in [0.2, 0.25) is 5.02 Å². The summed E-state index contributed by atoms with van der Waals surface area (Å²) in [5, 5.41) is 3.64. The Balaban J connectivity index is 1.40. The molecule has 25 heavy (non-hydrogen) atoms. The minimum atomic E-state index is -0.0267. The lowest BCUT2D eigenvalue weighted by molar-refractivity contribution is 0.0620. The molecule has 0 radical (unpaired) electrons. The van der Waals surface area contributed by atoms with Crippen LogP contribution in [0.3, 0.4) is 0 Å². The lowest BCUT2D eigenvalue weighted by Crippen LogP contribution is -2.57. The molecule has 6 heteroatoms. The number of carbonyl (C=O) groups is 1. The Bertz CT molecular complexity index is 758. The molecule has 0 unspecified atom stereocenters. The molecule has 5 nitrogen and oxygen atoms in total. The molecule has 3 saturated heterocycles. The summed E-state index contributed by atoms with van der Waals surface area (Å²) < 4.78 is 5.65. The predicted molar refractivity (Wildman–Crippen MR) is 96.2 cm³/mol. The third-order valence-corrected chi connectivity index (χ3v) is 5.32. The summed E-state index contributed by atoms with van der Waals surface area (Å²) in [7, 11) is 0. The minimum absolute atomic E-state index is 0.0267. The van der Waals surface area contributed by atoms with Crippen molar-refractivity contribution in [1.82, 2.24) is 15.2 Å². The Morgan fingerprint density at radius 1 is 1.20 bits per heavy atom. The molecule has 3 aliphatic heterocycles. The van der Waals surface area contributed by atoms with Gasteiger partial charge in [-0.05, 0) is 68.2 Å². The highest BCUT2D eigenvalue weighted by Gasteiger charge is 2.34. The highest BCUT2D eigenvalue weighted by molar-refractivity contribution is 6.31. The van der Waals surface area contributed by atoms with Crippen molar-refractivity contribution in [1.29, 1.82) is 0 Å². The van der Waals surface area contributed by atoms with Crippen LogP contribution >= 0.6 is 11.6 Å². The number of halogens is 1. The molecular formula is C19H20ClN3O2. The molecular weight excluding hydrogens is 338 g/mol. The molecule has 4 heterocycles. The maximum absolute atomic E-state index is 12.5. The fraction of sp³-hybridized carbons (Fsp3) is 0.368. The fourth-order valence-corrected chi connectivity index (χ4v) is 3.77. The van der Waals surface area contributed by atoms with E-state index in [1.165, 1.54) is 25.9 Å². The average molecular weight is 358 g/mol. The van der Waals surface area contributed by atoms with Crippen molar-refractivity contribution in [2.24, 2.45) is 5.92 Å². The third-order valence-electron chi connectivity index (χ3n) is 5.03. The van der Waals surface area contributed by atoms with Gasteiger partial charge < -0.3 is 15.0 Å². The number of benzene rings is 1. The van der Waals surface area contributed by atoms with Crippen LogP contribution in [0.25, 0.3) is 0 Å². The summed E-state index contributed by atoms with van der Waals surface area (Å²) >= 11 is 6.04. The summed E-state index contributed by atoms with van der Waals surface area (Å²) in [5.41, 5.74) is 0.635. The van der Waals surface area contributed by atoms with Crippen LogP contribution in [-0.4, -0.2) is 41.5 Å². The number of fused-ring (bicyclic) bond motifs is 3. The SMILES string of the molecule is O=C(N[C@H]1CN2CCC1CC2)c1ccc(Oc2ncccc2Cl)cc1. The first-order valence-electron chi connectivity index (χ1n) is 8.61. The molecule has 2 aromatic rings. The molecule has 3 aliphatic rings. The van der Waals surface area contributed by atoms with E-state index < -0.39 is 0 Å². The number of aromatic nitrogens is 1. The van der Waals surface area contributed by atoms with E-state index in [1.54, 1.807) is 42.6 Å². The van der Waals surface area contributed by atoms with Gasteiger partial charge in [0.25, 0.3) is 5.91 Å². The van der Waals surface area contributed by atoms with Crippen LogP contribution < -0.4 is 10.1 Å². The van der Waals surface area contributed by atoms with Crippen LogP contribution in [0, 0.1) is 5.92 Å². The maximum atomic E-state index is 12.5. The van der Waals surface area contributed by atoms with Gasteiger partial charge in [-0.3, -0.25) is 4.79 Å². The van der Waals surface area contributed by atoms with Crippen molar-refractivity contribution < 1.29 is 9.53 Å². The number of piperidine rings is 3. The highest BCUT2D eigenvalue weighted by atomic mass is 35.5. The van der Waals surface area contributed by atoms with E-state index in [1.807, 2.05) is 0 Å². The number of carbonyl (C=O) groups excluding carboxylic acids is 1. The predicted octanol–water partition coefficient (Wildman–Crippen LogP) is 3.35. The second kappa shape index (κ2) is 7.02. The summed E-state index contributed by atoms with van der Waals surface area (Å²) in [6.45, 7) is 3.30. The first kappa shape index (κ1) is 16.4. The Labute approximate surface area is 152 Å². The fourth-order valence-electron chi connectivity index (χ4n) is 3.61. The minimum Gasteiger partial charge on any atom is -0.438 e. The number of nitrogens with one attached hydrogen (secondary N) is 1. The Morgan fingerprint density at radius 3 is 2.60 bits per heavy atom. The van der Waals surface area contributed by atoms with Crippen LogP contribution in [0.5, 0.6) is 11.6 Å². The zero-order valence-electron chi connectivity index (χ0n) is 13.8. The second-order valence-electron chi connectivity index (χ2n) is 6.63. The summed E-state index contributed by atoms with van der Waals surface area (Å²) in [6, 6.07) is 10.8. The topological polar surface area (TPSA) is 54.5 Å². The molecule has 1 atom stereocenters. The van der Waals surface area contributed by atoms with Crippen LogP contribution in [0.15, 0.2) is 42.6 Å². The first-order valence-corrected chi connectivity index (χ1v) is 8.98. The van der Waals surface area contributed by atoms with E-state index in [0.29, 0.717) is 28.1 Å². The second-order valence-corrected chi connectivity index (χ2v) is 7.04. The van der Waals surface area contributed by atoms with Crippen molar-refractivity contribution >= 4 is 17.5 Å². The molecule has 0 aliphatic carbocycles. The van der Waals surface area contributed by atoms with Crippen LogP contribution in [0.4, 0.5) is 0 Å². The Hall–Kier alpha value is -2.11. The van der Waals surface area contributed by atoms with Crippen LogP contribution in [0.1, 0.15) is 23.2 Å². The van der Waals surface area contributed by atoms with Crippen molar-refractivity contribution in [2.75, 3.05) is 19.6 Å². The number of pyridine rings is 1. The molecule has 0 spiro atoms. The molecule has 0 saturated carbocycles. The lowest BCUT2D eigenvalue weighted by atomic mass is 9.84. The zero-order valence-corrected chi connectivity index (χ0v) is 14.6. The first-order chi connectivity index (χ1) is 12.2. The number of rotatable bonds is 4. The van der Waals surface area contributed by atoms with Crippen molar-refractivity contribution in [3.8, 4) is 11.6 Å². The quantitative estimate of drug-likeness (QED) is 0.911. The summed E-state index contributed by atoms with van der Waals surface area (Å²) in [6.07, 6.45) is 3.99. The van der Waals surface area contributed by atoms with Gasteiger partial charge in [0.15, 0.2) is 0 Å². The van der Waals surface area contributed by atoms with Gasteiger partial charge in [0.05, 0.1) is 0 Å². The van der Waals surface area contributed by atoms with Gasteiger partial charge >= 0.3 is 0 Å².